The van der Waals surface area contributed by atoms with Crippen LogP contribution in [0.4, 0.5) is 0 Å². The van der Waals surface area contributed by atoms with Gasteiger partial charge in [0, 0.05) is 18.3 Å². The molecule has 0 spiro atoms. The molecule has 2 rings (SSSR count). The van der Waals surface area contributed by atoms with Crippen molar-refractivity contribution in [2.75, 3.05) is 20.6 Å². The van der Waals surface area contributed by atoms with Crippen LogP contribution < -0.4 is 5.32 Å². The summed E-state index contributed by atoms with van der Waals surface area (Å²) in [4.78, 5) is 19.3. The van der Waals surface area contributed by atoms with Gasteiger partial charge in [-0.3, -0.25) is 4.79 Å². The quantitative estimate of drug-likeness (QED) is 0.888. The normalized spacial score (nSPS) is 14.2. The lowest BCUT2D eigenvalue weighted by atomic mass is 10.1. The van der Waals surface area contributed by atoms with E-state index in [9.17, 15) is 4.79 Å². The number of fused-ring (bicyclic) bond motifs is 1. The molecule has 126 valence electrons. The Morgan fingerprint density at radius 3 is 2.70 bits per heavy atom. The van der Waals surface area contributed by atoms with Crippen LogP contribution in [-0.4, -0.2) is 52.3 Å². The Balaban J connectivity index is 2.33. The molecule has 2 aromatic rings. The minimum atomic E-state index is -0.0714. The lowest BCUT2D eigenvalue weighted by molar-refractivity contribution is 0.0945. The number of aryl methyl sites for hydroxylation is 1. The highest BCUT2D eigenvalue weighted by Gasteiger charge is 2.18. The molecule has 0 unspecified atom stereocenters. The highest BCUT2D eigenvalue weighted by molar-refractivity contribution is 6.05. The number of carbonyl (C=O) groups is 1. The number of hydrogen-bond donors (Lipinski definition) is 1. The molecule has 0 aromatic carbocycles. The minimum Gasteiger partial charge on any atom is -0.350 e. The number of amides is 1. The molecule has 6 nitrogen and oxygen atoms in total. The molecule has 0 bridgehead atoms. The van der Waals surface area contributed by atoms with Crippen molar-refractivity contribution in [2.45, 2.75) is 46.2 Å². The highest BCUT2D eigenvalue weighted by Crippen LogP contribution is 2.22. The van der Waals surface area contributed by atoms with Gasteiger partial charge in [0.15, 0.2) is 5.65 Å². The maximum atomic E-state index is 12.6. The largest absolute Gasteiger partial charge is 0.350 e. The van der Waals surface area contributed by atoms with Crippen LogP contribution >= 0.6 is 0 Å². The standard InChI is InChI=1S/C17H27N5O/c1-7-12(3)22-16-15(10-19-22)14(8-11(2)20-16)17(23)18-9-13(4)21(5)6/h8,10,12-13H,7,9H2,1-6H3,(H,18,23)/t12-,13+/m0/s1. The van der Waals surface area contributed by atoms with E-state index in [0.29, 0.717) is 12.1 Å². The Labute approximate surface area is 137 Å². The molecule has 0 fully saturated rings. The maximum Gasteiger partial charge on any atom is 0.252 e. The van der Waals surface area contributed by atoms with E-state index in [2.05, 4.69) is 41.1 Å². The van der Waals surface area contributed by atoms with Crippen molar-refractivity contribution in [3.63, 3.8) is 0 Å². The van der Waals surface area contributed by atoms with Crippen LogP contribution in [0.15, 0.2) is 12.3 Å². The Morgan fingerprint density at radius 1 is 1.39 bits per heavy atom. The fraction of sp³-hybridized carbons (Fsp3) is 0.588. The van der Waals surface area contributed by atoms with E-state index >= 15 is 0 Å². The van der Waals surface area contributed by atoms with Gasteiger partial charge in [-0.1, -0.05) is 6.92 Å². The van der Waals surface area contributed by atoms with Crippen LogP contribution in [-0.2, 0) is 0 Å². The SMILES string of the molecule is CC[C@H](C)n1ncc2c(C(=O)NC[C@@H](C)N(C)C)cc(C)nc21. The Bertz CT molecular complexity index is 692. The molecule has 0 aliphatic carbocycles. The van der Waals surface area contributed by atoms with Crippen molar-refractivity contribution in [2.24, 2.45) is 0 Å². The van der Waals surface area contributed by atoms with Crippen LogP contribution in [0.3, 0.4) is 0 Å². The number of carbonyl (C=O) groups excluding carboxylic acids is 1. The Hall–Kier alpha value is -1.95. The second-order valence-electron chi connectivity index (χ2n) is 6.42. The molecule has 2 atom stereocenters. The van der Waals surface area contributed by atoms with Crippen LogP contribution in [0.25, 0.3) is 11.0 Å². The zero-order chi connectivity index (χ0) is 17.1. The predicted molar refractivity (Wildman–Crippen MR) is 92.7 cm³/mol. The third kappa shape index (κ3) is 3.69. The van der Waals surface area contributed by atoms with Crippen molar-refractivity contribution in [3.8, 4) is 0 Å². The molecular formula is C17H27N5O. The molecular weight excluding hydrogens is 290 g/mol. The first kappa shape index (κ1) is 17.4. The van der Waals surface area contributed by atoms with Crippen molar-refractivity contribution >= 4 is 16.9 Å². The van der Waals surface area contributed by atoms with Crippen LogP contribution in [0, 0.1) is 6.92 Å². The number of aromatic nitrogens is 3. The molecule has 0 aliphatic rings. The predicted octanol–water partition coefficient (Wildman–Crippen LogP) is 2.39. The molecule has 2 heterocycles. The van der Waals surface area contributed by atoms with E-state index in [0.717, 1.165) is 23.1 Å². The first-order chi connectivity index (χ1) is 10.8. The minimum absolute atomic E-state index is 0.0714. The van der Waals surface area contributed by atoms with E-state index in [1.807, 2.05) is 31.8 Å². The first-order valence-electron chi connectivity index (χ1n) is 8.14. The maximum absolute atomic E-state index is 12.6. The van der Waals surface area contributed by atoms with E-state index in [4.69, 9.17) is 0 Å². The average molecular weight is 317 g/mol. The van der Waals surface area contributed by atoms with Gasteiger partial charge in [0.1, 0.15) is 0 Å². The third-order valence-electron chi connectivity index (χ3n) is 4.39. The van der Waals surface area contributed by atoms with Gasteiger partial charge in [-0.05, 0) is 47.4 Å². The van der Waals surface area contributed by atoms with Crippen molar-refractivity contribution in [3.05, 3.63) is 23.5 Å². The monoisotopic (exact) mass is 317 g/mol. The number of likely N-dealkylation sites (N-methyl/N-ethyl adjacent to an activating group) is 1. The Morgan fingerprint density at radius 2 is 2.09 bits per heavy atom. The summed E-state index contributed by atoms with van der Waals surface area (Å²) in [6, 6.07) is 2.37. The molecule has 2 aromatic heterocycles. The second kappa shape index (κ2) is 7.08. The van der Waals surface area contributed by atoms with Gasteiger partial charge in [-0.25, -0.2) is 9.67 Å². The summed E-state index contributed by atoms with van der Waals surface area (Å²) in [6.45, 7) is 8.81. The summed E-state index contributed by atoms with van der Waals surface area (Å²) in [6.07, 6.45) is 2.71. The van der Waals surface area contributed by atoms with Gasteiger partial charge >= 0.3 is 0 Å². The van der Waals surface area contributed by atoms with Gasteiger partial charge in [0.05, 0.1) is 23.2 Å². The lowest BCUT2D eigenvalue weighted by Crippen LogP contribution is -2.38. The van der Waals surface area contributed by atoms with E-state index in [-0.39, 0.29) is 18.0 Å². The van der Waals surface area contributed by atoms with Crippen molar-refractivity contribution in [1.29, 1.82) is 0 Å². The molecule has 23 heavy (non-hydrogen) atoms. The number of hydrogen-bond acceptors (Lipinski definition) is 4. The van der Waals surface area contributed by atoms with Crippen LogP contribution in [0.2, 0.25) is 0 Å². The molecule has 0 saturated heterocycles. The fourth-order valence-corrected chi connectivity index (χ4v) is 2.34. The third-order valence-corrected chi connectivity index (χ3v) is 4.39. The topological polar surface area (TPSA) is 63.1 Å². The number of pyridine rings is 1. The van der Waals surface area contributed by atoms with Crippen LogP contribution in [0.1, 0.15) is 49.3 Å². The molecule has 0 radical (unpaired) electrons. The van der Waals surface area contributed by atoms with Gasteiger partial charge in [0.2, 0.25) is 0 Å². The molecule has 6 heteroatoms. The Kier molecular flexibility index (Phi) is 5.36. The summed E-state index contributed by atoms with van der Waals surface area (Å²) in [5.74, 6) is -0.0714. The van der Waals surface area contributed by atoms with Gasteiger partial charge in [-0.15, -0.1) is 0 Å². The first-order valence-corrected chi connectivity index (χ1v) is 8.14. The zero-order valence-electron chi connectivity index (χ0n) is 14.9. The molecule has 0 saturated carbocycles. The lowest BCUT2D eigenvalue weighted by Gasteiger charge is -2.20. The average Bonchev–Trinajstić information content (AvgIpc) is 2.93. The van der Waals surface area contributed by atoms with Crippen LogP contribution in [0.5, 0.6) is 0 Å². The van der Waals surface area contributed by atoms with Gasteiger partial charge in [-0.2, -0.15) is 5.10 Å². The summed E-state index contributed by atoms with van der Waals surface area (Å²) in [5.41, 5.74) is 2.26. The summed E-state index contributed by atoms with van der Waals surface area (Å²) in [7, 11) is 4.00. The number of nitrogens with one attached hydrogen (secondary N) is 1. The number of rotatable bonds is 6. The zero-order valence-corrected chi connectivity index (χ0v) is 14.9. The highest BCUT2D eigenvalue weighted by atomic mass is 16.1. The van der Waals surface area contributed by atoms with Crippen molar-refractivity contribution < 1.29 is 4.79 Å². The number of nitrogens with zero attached hydrogens (tertiary/aromatic N) is 4. The fourth-order valence-electron chi connectivity index (χ4n) is 2.34. The molecule has 1 N–H and O–H groups in total. The van der Waals surface area contributed by atoms with Crippen molar-refractivity contribution in [1.82, 2.24) is 25.0 Å². The van der Waals surface area contributed by atoms with E-state index in [1.54, 1.807) is 6.20 Å². The molecule has 0 aliphatic heterocycles. The molecule has 1 amide bonds. The summed E-state index contributed by atoms with van der Waals surface area (Å²) in [5, 5.41) is 8.26. The summed E-state index contributed by atoms with van der Waals surface area (Å²) < 4.78 is 1.90. The summed E-state index contributed by atoms with van der Waals surface area (Å²) >= 11 is 0. The van der Waals surface area contributed by atoms with E-state index < -0.39 is 0 Å². The van der Waals surface area contributed by atoms with Gasteiger partial charge < -0.3 is 10.2 Å². The van der Waals surface area contributed by atoms with Gasteiger partial charge in [0.25, 0.3) is 5.91 Å². The smallest absolute Gasteiger partial charge is 0.252 e. The second-order valence-corrected chi connectivity index (χ2v) is 6.42. The van der Waals surface area contributed by atoms with E-state index in [1.165, 1.54) is 0 Å².